The lowest BCUT2D eigenvalue weighted by molar-refractivity contribution is -0.115. The maximum absolute atomic E-state index is 12.5. The van der Waals surface area contributed by atoms with Gasteiger partial charge in [-0.1, -0.05) is 23.2 Å². The third kappa shape index (κ3) is 3.72. The van der Waals surface area contributed by atoms with E-state index in [1.165, 1.54) is 0 Å². The number of hydrogen-bond acceptors (Lipinski definition) is 4. The molecule has 1 aromatic carbocycles. The summed E-state index contributed by atoms with van der Waals surface area (Å²) in [7, 11) is 0. The van der Waals surface area contributed by atoms with Gasteiger partial charge >= 0.3 is 0 Å². The number of hydrazone groups is 1. The Labute approximate surface area is 167 Å². The summed E-state index contributed by atoms with van der Waals surface area (Å²) in [6, 6.07) is 9.61. The van der Waals surface area contributed by atoms with Crippen LogP contribution in [0.4, 0.5) is 5.69 Å². The van der Waals surface area contributed by atoms with Gasteiger partial charge in [0.25, 0.3) is 5.91 Å². The van der Waals surface area contributed by atoms with Crippen molar-refractivity contribution in [2.75, 3.05) is 5.01 Å². The second kappa shape index (κ2) is 6.91. The van der Waals surface area contributed by atoms with Crippen LogP contribution in [0.5, 0.6) is 0 Å². The Morgan fingerprint density at radius 3 is 2.72 bits per heavy atom. The molecule has 0 radical (unpaired) electrons. The van der Waals surface area contributed by atoms with Gasteiger partial charge in [-0.2, -0.15) is 5.10 Å². The van der Waals surface area contributed by atoms with Crippen LogP contribution in [0.3, 0.4) is 0 Å². The zero-order valence-corrected chi connectivity index (χ0v) is 16.9. The molecule has 2 aromatic rings. The number of hydrogen-bond donors (Lipinski definition) is 1. The highest BCUT2D eigenvalue weighted by atomic mass is 79.9. The van der Waals surface area contributed by atoms with Gasteiger partial charge in [-0.3, -0.25) is 9.80 Å². The van der Waals surface area contributed by atoms with Crippen molar-refractivity contribution < 1.29 is 4.79 Å². The molecule has 8 heteroatoms. The van der Waals surface area contributed by atoms with Crippen LogP contribution in [0.1, 0.15) is 30.2 Å². The molecule has 130 valence electrons. The predicted octanol–water partition coefficient (Wildman–Crippen LogP) is 5.40. The maximum Gasteiger partial charge on any atom is 0.267 e. The van der Waals surface area contributed by atoms with E-state index in [-0.39, 0.29) is 11.9 Å². The molecule has 1 aliphatic heterocycles. The summed E-state index contributed by atoms with van der Waals surface area (Å²) in [6.07, 6.45) is 2.64. The zero-order chi connectivity index (χ0) is 17.6. The summed E-state index contributed by atoms with van der Waals surface area (Å²) in [6.45, 7) is 0. The van der Waals surface area contributed by atoms with Gasteiger partial charge in [-0.25, -0.2) is 0 Å². The number of carbonyl (C=O) groups is 1. The molecular weight excluding hydrogens is 445 g/mol. The van der Waals surface area contributed by atoms with Crippen LogP contribution in [-0.2, 0) is 4.79 Å². The molecule has 25 heavy (non-hydrogen) atoms. The summed E-state index contributed by atoms with van der Waals surface area (Å²) in [5.41, 5.74) is 1.28. The maximum atomic E-state index is 12.5. The first-order chi connectivity index (χ1) is 12.0. The summed E-state index contributed by atoms with van der Waals surface area (Å²) >= 11 is 17.5. The predicted molar refractivity (Wildman–Crippen MR) is 107 cm³/mol. The summed E-state index contributed by atoms with van der Waals surface area (Å²) < 4.78 is 1.04. The van der Waals surface area contributed by atoms with Crippen LogP contribution < -0.4 is 10.3 Å². The van der Waals surface area contributed by atoms with Crippen molar-refractivity contribution in [1.29, 1.82) is 0 Å². The first kappa shape index (κ1) is 17.3. The fourth-order valence-electron chi connectivity index (χ4n) is 2.76. The minimum atomic E-state index is -0.0873. The average Bonchev–Trinajstić information content (AvgIpc) is 3.09. The van der Waals surface area contributed by atoms with Gasteiger partial charge in [0, 0.05) is 22.4 Å². The fourth-order valence-corrected chi connectivity index (χ4v) is 4.77. The Hall–Kier alpha value is -1.08. The minimum absolute atomic E-state index is 0.0603. The van der Waals surface area contributed by atoms with E-state index in [1.807, 2.05) is 23.2 Å². The molecule has 1 unspecified atom stereocenters. The van der Waals surface area contributed by atoms with Gasteiger partial charge < -0.3 is 5.32 Å². The molecule has 1 aliphatic carbocycles. The molecule has 0 spiro atoms. The molecule has 1 fully saturated rings. The summed E-state index contributed by atoms with van der Waals surface area (Å²) in [5.74, 6) is -0.0873. The van der Waals surface area contributed by atoms with E-state index in [9.17, 15) is 4.79 Å². The SMILES string of the molecule is O=C(NC1CC1)C1=NN(c2ccc(Cl)cc2Cl)C(c2ccc(Br)s2)C1. The lowest BCUT2D eigenvalue weighted by atomic mass is 10.1. The van der Waals surface area contributed by atoms with Gasteiger partial charge in [-0.05, 0) is 59.1 Å². The Morgan fingerprint density at radius 1 is 1.28 bits per heavy atom. The molecule has 2 aliphatic rings. The van der Waals surface area contributed by atoms with E-state index in [4.69, 9.17) is 23.2 Å². The van der Waals surface area contributed by atoms with E-state index in [0.717, 1.165) is 27.2 Å². The highest BCUT2D eigenvalue weighted by Gasteiger charge is 2.35. The number of nitrogens with one attached hydrogen (secondary N) is 1. The first-order valence-corrected chi connectivity index (χ1v) is 10.3. The monoisotopic (exact) mass is 457 g/mol. The summed E-state index contributed by atoms with van der Waals surface area (Å²) in [5, 5.41) is 10.5. The third-order valence-electron chi connectivity index (χ3n) is 4.16. The molecule has 1 aromatic heterocycles. The van der Waals surface area contributed by atoms with E-state index >= 15 is 0 Å². The molecule has 1 N–H and O–H groups in total. The molecule has 0 saturated heterocycles. The van der Waals surface area contributed by atoms with Gasteiger partial charge in [-0.15, -0.1) is 11.3 Å². The lowest BCUT2D eigenvalue weighted by Crippen LogP contribution is -2.31. The Bertz CT molecular complexity index is 865. The Kier molecular flexibility index (Phi) is 4.79. The highest BCUT2D eigenvalue weighted by molar-refractivity contribution is 9.11. The number of carbonyl (C=O) groups excluding carboxylic acids is 1. The van der Waals surface area contributed by atoms with Crippen molar-refractivity contribution in [3.63, 3.8) is 0 Å². The molecule has 1 amide bonds. The molecule has 4 nitrogen and oxygen atoms in total. The van der Waals surface area contributed by atoms with Crippen molar-refractivity contribution in [2.45, 2.75) is 31.3 Å². The standard InChI is InChI=1S/C17H14BrCl2N3OS/c18-16-6-5-15(25-16)14-8-12(17(24)21-10-2-3-10)22-23(14)13-4-1-9(19)7-11(13)20/h1,4-7,10,14H,2-3,8H2,(H,21,24). The number of rotatable bonds is 4. The molecule has 0 bridgehead atoms. The van der Waals surface area contributed by atoms with Crippen LogP contribution >= 0.6 is 50.5 Å². The molecule has 2 heterocycles. The average molecular weight is 459 g/mol. The number of anilines is 1. The van der Waals surface area contributed by atoms with Crippen LogP contribution in [0, 0.1) is 0 Å². The van der Waals surface area contributed by atoms with E-state index in [1.54, 1.807) is 23.5 Å². The van der Waals surface area contributed by atoms with Crippen LogP contribution in [0.2, 0.25) is 10.0 Å². The number of halogens is 3. The quantitative estimate of drug-likeness (QED) is 0.666. The van der Waals surface area contributed by atoms with Crippen molar-refractivity contribution in [3.8, 4) is 0 Å². The number of amides is 1. The van der Waals surface area contributed by atoms with Crippen molar-refractivity contribution >= 4 is 67.8 Å². The van der Waals surface area contributed by atoms with Crippen molar-refractivity contribution in [3.05, 3.63) is 49.0 Å². The molecule has 4 rings (SSSR count). The van der Waals surface area contributed by atoms with Gasteiger partial charge in [0.15, 0.2) is 0 Å². The van der Waals surface area contributed by atoms with Crippen molar-refractivity contribution in [1.82, 2.24) is 5.32 Å². The topological polar surface area (TPSA) is 44.7 Å². The smallest absolute Gasteiger partial charge is 0.267 e. The number of benzene rings is 1. The highest BCUT2D eigenvalue weighted by Crippen LogP contribution is 2.42. The summed E-state index contributed by atoms with van der Waals surface area (Å²) in [4.78, 5) is 13.6. The molecule has 1 atom stereocenters. The van der Waals surface area contributed by atoms with E-state index in [0.29, 0.717) is 28.2 Å². The lowest BCUT2D eigenvalue weighted by Gasteiger charge is -2.23. The van der Waals surface area contributed by atoms with E-state index < -0.39 is 0 Å². The molecular formula is C17H14BrCl2N3OS. The minimum Gasteiger partial charge on any atom is -0.348 e. The van der Waals surface area contributed by atoms with Gasteiger partial charge in [0.1, 0.15) is 5.71 Å². The van der Waals surface area contributed by atoms with Crippen LogP contribution in [0.15, 0.2) is 39.2 Å². The van der Waals surface area contributed by atoms with Gasteiger partial charge in [0.2, 0.25) is 0 Å². The van der Waals surface area contributed by atoms with Crippen molar-refractivity contribution in [2.24, 2.45) is 5.10 Å². The second-order valence-electron chi connectivity index (χ2n) is 6.10. The first-order valence-electron chi connectivity index (χ1n) is 7.89. The third-order valence-corrected chi connectivity index (χ3v) is 6.43. The number of nitrogens with zero attached hydrogens (tertiary/aromatic N) is 2. The van der Waals surface area contributed by atoms with Crippen LogP contribution in [-0.4, -0.2) is 17.7 Å². The fraction of sp³-hybridized carbons (Fsp3) is 0.294. The zero-order valence-electron chi connectivity index (χ0n) is 13.0. The number of thiophene rings is 1. The van der Waals surface area contributed by atoms with E-state index in [2.05, 4.69) is 26.3 Å². The Morgan fingerprint density at radius 2 is 2.08 bits per heavy atom. The second-order valence-corrected chi connectivity index (χ2v) is 9.43. The Balaban J connectivity index is 1.69. The largest absolute Gasteiger partial charge is 0.348 e. The van der Waals surface area contributed by atoms with Gasteiger partial charge in [0.05, 0.1) is 20.5 Å². The normalized spacial score (nSPS) is 19.9. The molecule has 1 saturated carbocycles. The van der Waals surface area contributed by atoms with Crippen LogP contribution in [0.25, 0.3) is 0 Å².